The zero-order valence-electron chi connectivity index (χ0n) is 20.5. The van der Waals surface area contributed by atoms with Crippen LogP contribution in [0.1, 0.15) is 40.2 Å². The molecule has 0 bridgehead atoms. The number of aryl methyl sites for hydroxylation is 1. The number of imidazole rings is 1. The number of aromatic nitrogens is 2. The molecule has 7 nitrogen and oxygen atoms in total. The van der Waals surface area contributed by atoms with Crippen molar-refractivity contribution < 1.29 is 36.3 Å². The first-order chi connectivity index (χ1) is 18.3. The minimum absolute atomic E-state index is 0.0329. The Bertz CT molecular complexity index is 1410. The molecule has 0 unspecified atom stereocenters. The van der Waals surface area contributed by atoms with E-state index in [1.54, 1.807) is 29.1 Å². The molecule has 0 spiro atoms. The Morgan fingerprint density at radius 1 is 1.18 bits per heavy atom. The van der Waals surface area contributed by atoms with Gasteiger partial charge in [0.25, 0.3) is 12.3 Å². The molecule has 210 valence electrons. The SMILES string of the molecule is Cn1c(Cc2c(Cl)ccc(CNC(=O)C3CC3)c2Cl)nc2cc(C(=O)NCC(F)(F)F)c(OCC(F)F)cc21. The minimum atomic E-state index is -4.67. The lowest BCUT2D eigenvalue weighted by molar-refractivity contribution is -0.123. The molecule has 14 heteroatoms. The van der Waals surface area contributed by atoms with Gasteiger partial charge < -0.3 is 19.9 Å². The van der Waals surface area contributed by atoms with Gasteiger partial charge in [0.15, 0.2) is 0 Å². The third-order valence-electron chi connectivity index (χ3n) is 6.14. The van der Waals surface area contributed by atoms with Crippen molar-refractivity contribution in [3.63, 3.8) is 0 Å². The third-order valence-corrected chi connectivity index (χ3v) is 6.96. The minimum Gasteiger partial charge on any atom is -0.487 e. The fourth-order valence-corrected chi connectivity index (χ4v) is 4.50. The largest absolute Gasteiger partial charge is 0.487 e. The highest BCUT2D eigenvalue weighted by Crippen LogP contribution is 2.33. The number of hydrogen-bond donors (Lipinski definition) is 2. The number of nitrogens with zero attached hydrogens (tertiary/aromatic N) is 2. The molecule has 1 heterocycles. The molecule has 2 N–H and O–H groups in total. The van der Waals surface area contributed by atoms with Crippen molar-refractivity contribution in [1.82, 2.24) is 20.2 Å². The maximum Gasteiger partial charge on any atom is 0.405 e. The fraction of sp³-hybridized carbons (Fsp3) is 0.400. The summed E-state index contributed by atoms with van der Waals surface area (Å²) in [5, 5.41) is 5.24. The smallest absolute Gasteiger partial charge is 0.405 e. The highest BCUT2D eigenvalue weighted by molar-refractivity contribution is 6.36. The fourth-order valence-electron chi connectivity index (χ4n) is 3.93. The Morgan fingerprint density at radius 3 is 2.54 bits per heavy atom. The van der Waals surface area contributed by atoms with E-state index in [9.17, 15) is 31.5 Å². The third kappa shape index (κ3) is 7.10. The van der Waals surface area contributed by atoms with Crippen LogP contribution in [0.3, 0.4) is 0 Å². The van der Waals surface area contributed by atoms with Gasteiger partial charge in [-0.1, -0.05) is 29.3 Å². The van der Waals surface area contributed by atoms with Gasteiger partial charge in [-0.15, -0.1) is 0 Å². The van der Waals surface area contributed by atoms with Crippen LogP contribution in [-0.2, 0) is 24.8 Å². The quantitative estimate of drug-likeness (QED) is 0.307. The average molecular weight is 593 g/mol. The molecular formula is C25H23Cl2F5N4O3. The van der Waals surface area contributed by atoms with E-state index in [2.05, 4.69) is 10.3 Å². The first kappa shape index (κ1) is 28.9. The summed E-state index contributed by atoms with van der Waals surface area (Å²) in [6.45, 7) is -2.47. The van der Waals surface area contributed by atoms with Gasteiger partial charge in [0.05, 0.1) is 21.6 Å². The van der Waals surface area contributed by atoms with Crippen LogP contribution < -0.4 is 15.4 Å². The van der Waals surface area contributed by atoms with Crippen LogP contribution in [-0.4, -0.2) is 47.1 Å². The number of amides is 2. The Kier molecular flexibility index (Phi) is 8.55. The monoisotopic (exact) mass is 592 g/mol. The topological polar surface area (TPSA) is 85.2 Å². The lowest BCUT2D eigenvalue weighted by atomic mass is 10.1. The van der Waals surface area contributed by atoms with Crippen molar-refractivity contribution >= 4 is 46.0 Å². The van der Waals surface area contributed by atoms with Crippen LogP contribution in [0, 0.1) is 5.92 Å². The second-order valence-corrected chi connectivity index (χ2v) is 9.88. The molecular weight excluding hydrogens is 570 g/mol. The number of carbonyl (C=O) groups is 2. The zero-order chi connectivity index (χ0) is 28.5. The average Bonchev–Trinajstić information content (AvgIpc) is 3.67. The molecule has 1 saturated carbocycles. The Hall–Kier alpha value is -3.12. The molecule has 1 aromatic heterocycles. The van der Waals surface area contributed by atoms with Gasteiger partial charge in [0.1, 0.15) is 24.7 Å². The predicted octanol–water partition coefficient (Wildman–Crippen LogP) is 5.43. The van der Waals surface area contributed by atoms with Crippen LogP contribution in [0.25, 0.3) is 11.0 Å². The first-order valence-electron chi connectivity index (χ1n) is 11.8. The highest BCUT2D eigenvalue weighted by atomic mass is 35.5. The van der Waals surface area contributed by atoms with Crippen molar-refractivity contribution in [3.8, 4) is 5.75 Å². The van der Waals surface area contributed by atoms with E-state index >= 15 is 0 Å². The van der Waals surface area contributed by atoms with Crippen LogP contribution >= 0.6 is 23.2 Å². The molecule has 0 atom stereocenters. The molecule has 3 aromatic rings. The number of ether oxygens (including phenoxy) is 1. The summed E-state index contributed by atoms with van der Waals surface area (Å²) in [4.78, 5) is 29.0. The van der Waals surface area contributed by atoms with Gasteiger partial charge in [-0.2, -0.15) is 13.2 Å². The van der Waals surface area contributed by atoms with Gasteiger partial charge in [0.2, 0.25) is 5.91 Å². The lowest BCUT2D eigenvalue weighted by Gasteiger charge is -2.13. The van der Waals surface area contributed by atoms with Crippen molar-refractivity contribution in [2.45, 2.75) is 38.4 Å². The molecule has 0 aliphatic heterocycles. The van der Waals surface area contributed by atoms with Crippen LogP contribution in [0.5, 0.6) is 5.75 Å². The maximum atomic E-state index is 12.8. The molecule has 4 rings (SSSR count). The molecule has 0 radical (unpaired) electrons. The predicted molar refractivity (Wildman–Crippen MR) is 134 cm³/mol. The van der Waals surface area contributed by atoms with Gasteiger partial charge in [-0.25, -0.2) is 13.8 Å². The van der Waals surface area contributed by atoms with Crippen LogP contribution in [0.15, 0.2) is 24.3 Å². The molecule has 2 amide bonds. The summed E-state index contributed by atoms with van der Waals surface area (Å²) in [6, 6.07) is 5.79. The maximum absolute atomic E-state index is 12.8. The number of carbonyl (C=O) groups excluding carboxylic acids is 2. The van der Waals surface area contributed by atoms with Gasteiger partial charge >= 0.3 is 6.18 Å². The lowest BCUT2D eigenvalue weighted by Crippen LogP contribution is -2.34. The van der Waals surface area contributed by atoms with E-state index in [4.69, 9.17) is 27.9 Å². The summed E-state index contributed by atoms with van der Waals surface area (Å²) in [6.07, 6.45) is -5.71. The van der Waals surface area contributed by atoms with Crippen LogP contribution in [0.2, 0.25) is 10.0 Å². The number of fused-ring (bicyclic) bond motifs is 1. The van der Waals surface area contributed by atoms with Crippen molar-refractivity contribution in [3.05, 3.63) is 56.8 Å². The van der Waals surface area contributed by atoms with Crippen molar-refractivity contribution in [2.75, 3.05) is 13.2 Å². The molecule has 0 saturated heterocycles. The van der Waals surface area contributed by atoms with Crippen molar-refractivity contribution in [2.24, 2.45) is 13.0 Å². The van der Waals surface area contributed by atoms with E-state index in [-0.39, 0.29) is 41.6 Å². The summed E-state index contributed by atoms with van der Waals surface area (Å²) < 4.78 is 70.1. The van der Waals surface area contributed by atoms with E-state index in [0.717, 1.165) is 12.8 Å². The van der Waals surface area contributed by atoms with E-state index in [1.807, 2.05) is 0 Å². The zero-order valence-corrected chi connectivity index (χ0v) is 22.0. The number of alkyl halides is 5. The number of nitrogens with one attached hydrogen (secondary N) is 2. The molecule has 1 aliphatic rings. The Morgan fingerprint density at radius 2 is 1.90 bits per heavy atom. The second kappa shape index (κ2) is 11.5. The van der Waals surface area contributed by atoms with E-state index < -0.39 is 31.7 Å². The van der Waals surface area contributed by atoms with Gasteiger partial charge in [-0.05, 0) is 36.1 Å². The highest BCUT2D eigenvalue weighted by Gasteiger charge is 2.30. The van der Waals surface area contributed by atoms with Gasteiger partial charge in [-0.3, -0.25) is 9.59 Å². The summed E-state index contributed by atoms with van der Waals surface area (Å²) in [5.41, 5.74) is 1.39. The van der Waals surface area contributed by atoms with Crippen LogP contribution in [0.4, 0.5) is 22.0 Å². The summed E-state index contributed by atoms with van der Waals surface area (Å²) in [7, 11) is 1.63. The Labute approximate surface area is 229 Å². The second-order valence-electron chi connectivity index (χ2n) is 9.09. The first-order valence-corrected chi connectivity index (χ1v) is 12.6. The standard InChI is InChI=1S/C25H23Cl2F5N4O3/c1-36-18-8-19(39-10-20(28)29)15(24(38)34-11-25(30,31)32)6-17(18)35-21(36)7-14-16(26)5-4-13(22(14)27)9-33-23(37)12-2-3-12/h4-6,8,12,20H,2-3,7,9-11H2,1H3,(H,33,37)(H,34,38). The number of halogens is 7. The number of rotatable bonds is 10. The van der Waals surface area contributed by atoms with Gasteiger partial charge in [0, 0.05) is 37.0 Å². The number of hydrogen-bond acceptors (Lipinski definition) is 4. The number of benzene rings is 2. The normalized spacial score (nSPS) is 13.7. The Balaban J connectivity index is 1.65. The summed E-state index contributed by atoms with van der Waals surface area (Å²) >= 11 is 13.0. The molecule has 1 aliphatic carbocycles. The van der Waals surface area contributed by atoms with E-state index in [0.29, 0.717) is 32.5 Å². The molecule has 39 heavy (non-hydrogen) atoms. The van der Waals surface area contributed by atoms with E-state index in [1.165, 1.54) is 12.1 Å². The molecule has 1 fully saturated rings. The summed E-state index contributed by atoms with van der Waals surface area (Å²) in [5.74, 6) is -1.07. The molecule has 2 aromatic carbocycles. The van der Waals surface area contributed by atoms with Crippen molar-refractivity contribution in [1.29, 1.82) is 0 Å².